The maximum atomic E-state index is 12.9. The van der Waals surface area contributed by atoms with Crippen molar-refractivity contribution in [3.8, 4) is 0 Å². The average Bonchev–Trinajstić information content (AvgIpc) is 2.75. The summed E-state index contributed by atoms with van der Waals surface area (Å²) >= 11 is 0. The minimum absolute atomic E-state index is 0.000255. The molecule has 1 aromatic rings. The van der Waals surface area contributed by atoms with Gasteiger partial charge in [0.25, 0.3) is 5.91 Å². The highest BCUT2D eigenvalue weighted by Gasteiger charge is 2.21. The molecule has 1 fully saturated rings. The Balaban J connectivity index is 1.91. The van der Waals surface area contributed by atoms with E-state index in [2.05, 4.69) is 10.6 Å². The smallest absolute Gasteiger partial charge is 0.251 e. The second-order valence-corrected chi connectivity index (χ2v) is 4.25. The Morgan fingerprint density at radius 3 is 2.94 bits per heavy atom. The molecule has 1 aliphatic rings. The number of carbonyl (C=O) groups is 2. The van der Waals surface area contributed by atoms with Gasteiger partial charge in [-0.15, -0.1) is 0 Å². The van der Waals surface area contributed by atoms with Gasteiger partial charge in [0.15, 0.2) is 0 Å². The first kappa shape index (κ1) is 12.3. The number of nitrogens with two attached hydrogens (primary N) is 1. The summed E-state index contributed by atoms with van der Waals surface area (Å²) in [6, 6.07) is 3.78. The van der Waals surface area contributed by atoms with Gasteiger partial charge in [-0.3, -0.25) is 9.59 Å². The summed E-state index contributed by atoms with van der Waals surface area (Å²) in [7, 11) is 0. The summed E-state index contributed by atoms with van der Waals surface area (Å²) in [5.74, 6) is -0.877. The van der Waals surface area contributed by atoms with E-state index in [-0.39, 0.29) is 23.5 Å². The van der Waals surface area contributed by atoms with Crippen molar-refractivity contribution in [2.24, 2.45) is 0 Å². The predicted octanol–water partition coefficient (Wildman–Crippen LogP) is 0.416. The van der Waals surface area contributed by atoms with Crippen LogP contribution in [0.5, 0.6) is 0 Å². The Morgan fingerprint density at radius 2 is 2.33 bits per heavy atom. The second-order valence-electron chi connectivity index (χ2n) is 4.25. The first-order valence-electron chi connectivity index (χ1n) is 5.69. The van der Waals surface area contributed by atoms with Crippen LogP contribution in [0.25, 0.3) is 0 Å². The Labute approximate surface area is 104 Å². The number of amides is 2. The van der Waals surface area contributed by atoms with Crippen LogP contribution in [0, 0.1) is 5.82 Å². The lowest BCUT2D eigenvalue weighted by atomic mass is 10.1. The molecule has 1 heterocycles. The average molecular weight is 251 g/mol. The summed E-state index contributed by atoms with van der Waals surface area (Å²) in [5.41, 5.74) is 5.63. The highest BCUT2D eigenvalue weighted by molar-refractivity contribution is 5.95. The molecule has 1 aromatic carbocycles. The lowest BCUT2D eigenvalue weighted by molar-refractivity contribution is -0.119. The first-order valence-corrected chi connectivity index (χ1v) is 5.69. The molecule has 0 spiro atoms. The molecule has 2 amide bonds. The summed E-state index contributed by atoms with van der Waals surface area (Å²) in [6.07, 6.45) is 1.20. The van der Waals surface area contributed by atoms with E-state index in [1.165, 1.54) is 12.1 Å². The summed E-state index contributed by atoms with van der Waals surface area (Å²) in [4.78, 5) is 22.7. The van der Waals surface area contributed by atoms with Crippen molar-refractivity contribution in [3.63, 3.8) is 0 Å². The third-order valence-corrected chi connectivity index (χ3v) is 2.85. The zero-order valence-electron chi connectivity index (χ0n) is 9.70. The van der Waals surface area contributed by atoms with E-state index in [1.807, 2.05) is 0 Å². The number of halogens is 1. The SMILES string of the molecule is Nc1cc(C(=O)NCC2CCC(=O)N2)ccc1F. The van der Waals surface area contributed by atoms with Crippen LogP contribution in [0.3, 0.4) is 0 Å². The van der Waals surface area contributed by atoms with E-state index in [1.54, 1.807) is 0 Å². The minimum atomic E-state index is -0.547. The first-order chi connectivity index (χ1) is 8.56. The monoisotopic (exact) mass is 251 g/mol. The van der Waals surface area contributed by atoms with Crippen LogP contribution in [0.4, 0.5) is 10.1 Å². The van der Waals surface area contributed by atoms with Crippen molar-refractivity contribution in [3.05, 3.63) is 29.6 Å². The number of hydrogen-bond donors (Lipinski definition) is 3. The molecule has 4 N–H and O–H groups in total. The molecule has 6 heteroatoms. The van der Waals surface area contributed by atoms with Crippen molar-refractivity contribution in [2.75, 3.05) is 12.3 Å². The van der Waals surface area contributed by atoms with Crippen molar-refractivity contribution < 1.29 is 14.0 Å². The van der Waals surface area contributed by atoms with Gasteiger partial charge in [-0.1, -0.05) is 0 Å². The largest absolute Gasteiger partial charge is 0.396 e. The van der Waals surface area contributed by atoms with Gasteiger partial charge in [-0.05, 0) is 24.6 Å². The molecule has 2 rings (SSSR count). The third kappa shape index (κ3) is 2.77. The summed E-state index contributed by atoms with van der Waals surface area (Å²) < 4.78 is 12.9. The van der Waals surface area contributed by atoms with E-state index in [0.717, 1.165) is 6.07 Å². The van der Waals surface area contributed by atoms with Crippen molar-refractivity contribution >= 4 is 17.5 Å². The number of rotatable bonds is 3. The van der Waals surface area contributed by atoms with E-state index in [4.69, 9.17) is 5.73 Å². The molecule has 0 saturated carbocycles. The Kier molecular flexibility index (Phi) is 3.45. The molecular formula is C12H14FN3O2. The second kappa shape index (κ2) is 5.03. The molecule has 0 radical (unpaired) electrons. The molecular weight excluding hydrogens is 237 g/mol. The predicted molar refractivity (Wildman–Crippen MR) is 64.3 cm³/mol. The lowest BCUT2D eigenvalue weighted by Crippen LogP contribution is -2.38. The lowest BCUT2D eigenvalue weighted by Gasteiger charge is -2.11. The van der Waals surface area contributed by atoms with Gasteiger partial charge in [0.05, 0.1) is 5.69 Å². The van der Waals surface area contributed by atoms with Gasteiger partial charge in [-0.2, -0.15) is 0 Å². The van der Waals surface area contributed by atoms with Crippen molar-refractivity contribution in [1.82, 2.24) is 10.6 Å². The molecule has 96 valence electrons. The topological polar surface area (TPSA) is 84.2 Å². The minimum Gasteiger partial charge on any atom is -0.396 e. The number of hydrogen-bond acceptors (Lipinski definition) is 3. The van der Waals surface area contributed by atoms with Crippen LogP contribution in [0.1, 0.15) is 23.2 Å². The molecule has 18 heavy (non-hydrogen) atoms. The van der Waals surface area contributed by atoms with Crippen LogP contribution in [-0.2, 0) is 4.79 Å². The molecule has 0 aliphatic carbocycles. The third-order valence-electron chi connectivity index (χ3n) is 2.85. The van der Waals surface area contributed by atoms with Crippen molar-refractivity contribution in [2.45, 2.75) is 18.9 Å². The standard InChI is InChI=1S/C12H14FN3O2/c13-9-3-1-7(5-10(9)14)12(18)15-6-8-2-4-11(17)16-8/h1,3,5,8H,2,4,6,14H2,(H,15,18)(H,16,17). The maximum Gasteiger partial charge on any atom is 0.251 e. The van der Waals surface area contributed by atoms with Gasteiger partial charge in [-0.25, -0.2) is 4.39 Å². The van der Waals surface area contributed by atoms with Gasteiger partial charge in [0.1, 0.15) is 5.82 Å². The highest BCUT2D eigenvalue weighted by Crippen LogP contribution is 2.12. The highest BCUT2D eigenvalue weighted by atomic mass is 19.1. The van der Waals surface area contributed by atoms with E-state index < -0.39 is 5.82 Å². The van der Waals surface area contributed by atoms with Gasteiger partial charge in [0.2, 0.25) is 5.91 Å². The fraction of sp³-hybridized carbons (Fsp3) is 0.333. The normalized spacial score (nSPS) is 18.5. The zero-order valence-corrected chi connectivity index (χ0v) is 9.70. The zero-order chi connectivity index (χ0) is 13.1. The quantitative estimate of drug-likeness (QED) is 0.680. The molecule has 0 bridgehead atoms. The summed E-state index contributed by atoms with van der Waals surface area (Å²) in [5, 5.41) is 5.42. The van der Waals surface area contributed by atoms with Crippen LogP contribution < -0.4 is 16.4 Å². The Hall–Kier alpha value is -2.11. The Bertz CT molecular complexity index is 490. The van der Waals surface area contributed by atoms with Crippen LogP contribution in [0.15, 0.2) is 18.2 Å². The molecule has 0 aromatic heterocycles. The van der Waals surface area contributed by atoms with E-state index >= 15 is 0 Å². The van der Waals surface area contributed by atoms with Crippen molar-refractivity contribution in [1.29, 1.82) is 0 Å². The number of carbonyl (C=O) groups excluding carboxylic acids is 2. The van der Waals surface area contributed by atoms with Crippen LogP contribution in [0.2, 0.25) is 0 Å². The molecule has 1 unspecified atom stereocenters. The molecule has 1 atom stereocenters. The van der Waals surface area contributed by atoms with E-state index in [0.29, 0.717) is 24.9 Å². The van der Waals surface area contributed by atoms with E-state index in [9.17, 15) is 14.0 Å². The van der Waals surface area contributed by atoms with Crippen LogP contribution >= 0.6 is 0 Å². The van der Waals surface area contributed by atoms with Crippen LogP contribution in [-0.4, -0.2) is 24.4 Å². The number of anilines is 1. The Morgan fingerprint density at radius 1 is 1.56 bits per heavy atom. The fourth-order valence-electron chi connectivity index (χ4n) is 1.83. The van der Waals surface area contributed by atoms with Gasteiger partial charge < -0.3 is 16.4 Å². The number of nitrogens with one attached hydrogen (secondary N) is 2. The number of benzene rings is 1. The molecule has 5 nitrogen and oxygen atoms in total. The fourth-order valence-corrected chi connectivity index (χ4v) is 1.83. The van der Waals surface area contributed by atoms with Gasteiger partial charge in [0, 0.05) is 24.6 Å². The molecule has 1 aliphatic heterocycles. The number of nitrogen functional groups attached to an aromatic ring is 1. The summed E-state index contributed by atoms with van der Waals surface area (Å²) in [6.45, 7) is 0.363. The molecule has 1 saturated heterocycles. The maximum absolute atomic E-state index is 12.9. The van der Waals surface area contributed by atoms with Gasteiger partial charge >= 0.3 is 0 Å².